The van der Waals surface area contributed by atoms with Gasteiger partial charge in [0.15, 0.2) is 0 Å². The molecule has 0 radical (unpaired) electrons. The van der Waals surface area contributed by atoms with Crippen molar-refractivity contribution in [3.63, 3.8) is 0 Å². The van der Waals surface area contributed by atoms with Crippen molar-refractivity contribution >= 4 is 29.1 Å². The summed E-state index contributed by atoms with van der Waals surface area (Å²) in [5, 5.41) is 9.90. The lowest BCUT2D eigenvalue weighted by Gasteiger charge is -2.24. The number of aliphatic hydroxyl groups excluding tert-OH is 1. The smallest absolute Gasteiger partial charge is 0.227 e. The fourth-order valence-corrected chi connectivity index (χ4v) is 3.04. The molecule has 1 amide bonds. The van der Waals surface area contributed by atoms with E-state index < -0.39 is 0 Å². The van der Waals surface area contributed by atoms with Crippen molar-refractivity contribution < 1.29 is 9.90 Å². The van der Waals surface area contributed by atoms with Crippen molar-refractivity contribution in [2.24, 2.45) is 0 Å². The fraction of sp³-hybridized carbons (Fsp3) is 0.533. The van der Waals surface area contributed by atoms with Gasteiger partial charge in [-0.25, -0.2) is 0 Å². The molecule has 1 aliphatic heterocycles. The molecule has 1 saturated heterocycles. The number of halogens is 2. The van der Waals surface area contributed by atoms with Crippen LogP contribution in [0.1, 0.15) is 31.2 Å². The molecule has 2 rings (SSSR count). The molecule has 1 atom stereocenters. The second-order valence-corrected chi connectivity index (χ2v) is 5.99. The minimum absolute atomic E-state index is 0.129. The summed E-state index contributed by atoms with van der Waals surface area (Å²) in [7, 11) is 0. The van der Waals surface area contributed by atoms with Gasteiger partial charge in [-0.2, -0.15) is 0 Å². The zero-order valence-electron chi connectivity index (χ0n) is 11.3. The van der Waals surface area contributed by atoms with E-state index in [1.165, 1.54) is 0 Å². The lowest BCUT2D eigenvalue weighted by atomic mass is 10.1. The Morgan fingerprint density at radius 1 is 1.35 bits per heavy atom. The van der Waals surface area contributed by atoms with Crippen LogP contribution in [0.15, 0.2) is 18.2 Å². The number of aliphatic hydroxyl groups is 1. The van der Waals surface area contributed by atoms with Gasteiger partial charge in [0.2, 0.25) is 5.91 Å². The molecule has 0 spiro atoms. The number of amides is 1. The van der Waals surface area contributed by atoms with Crippen LogP contribution in [0.3, 0.4) is 0 Å². The van der Waals surface area contributed by atoms with Crippen molar-refractivity contribution in [2.45, 2.75) is 38.1 Å². The maximum absolute atomic E-state index is 12.4. The monoisotopic (exact) mass is 315 g/mol. The normalized spacial score (nSPS) is 18.6. The first kappa shape index (κ1) is 15.6. The third-order valence-electron chi connectivity index (χ3n) is 3.73. The molecule has 0 aliphatic carbocycles. The molecule has 1 N–H and O–H groups in total. The van der Waals surface area contributed by atoms with Crippen molar-refractivity contribution in [3.05, 3.63) is 33.8 Å². The first-order valence-corrected chi connectivity index (χ1v) is 7.71. The third kappa shape index (κ3) is 3.87. The van der Waals surface area contributed by atoms with Gasteiger partial charge in [-0.15, -0.1) is 0 Å². The van der Waals surface area contributed by atoms with Crippen LogP contribution < -0.4 is 0 Å². The largest absolute Gasteiger partial charge is 0.396 e. The van der Waals surface area contributed by atoms with Gasteiger partial charge in [-0.3, -0.25) is 4.79 Å². The van der Waals surface area contributed by atoms with Gasteiger partial charge in [-0.05, 0) is 43.4 Å². The van der Waals surface area contributed by atoms with Crippen LogP contribution in [-0.2, 0) is 11.2 Å². The van der Waals surface area contributed by atoms with E-state index in [4.69, 9.17) is 28.3 Å². The molecular weight excluding hydrogens is 297 g/mol. The molecule has 20 heavy (non-hydrogen) atoms. The maximum atomic E-state index is 12.4. The molecular formula is C15H19Cl2NO2. The van der Waals surface area contributed by atoms with E-state index in [1.807, 2.05) is 11.0 Å². The highest BCUT2D eigenvalue weighted by molar-refractivity contribution is 6.42. The number of benzene rings is 1. The van der Waals surface area contributed by atoms with Crippen molar-refractivity contribution in [2.75, 3.05) is 13.2 Å². The van der Waals surface area contributed by atoms with Gasteiger partial charge in [0, 0.05) is 19.2 Å². The van der Waals surface area contributed by atoms with Gasteiger partial charge >= 0.3 is 0 Å². The van der Waals surface area contributed by atoms with Crippen LogP contribution in [0, 0.1) is 0 Å². The van der Waals surface area contributed by atoms with E-state index in [-0.39, 0.29) is 18.6 Å². The predicted molar refractivity (Wildman–Crippen MR) is 81.2 cm³/mol. The highest BCUT2D eigenvalue weighted by Gasteiger charge is 2.27. The Bertz CT molecular complexity index is 479. The second-order valence-electron chi connectivity index (χ2n) is 5.17. The molecule has 1 aromatic carbocycles. The molecule has 0 saturated carbocycles. The quantitative estimate of drug-likeness (QED) is 0.905. The Kier molecular flexibility index (Phi) is 5.70. The van der Waals surface area contributed by atoms with Crippen molar-refractivity contribution in [1.82, 2.24) is 4.90 Å². The van der Waals surface area contributed by atoms with E-state index >= 15 is 0 Å². The van der Waals surface area contributed by atoms with E-state index in [0.29, 0.717) is 16.5 Å². The number of rotatable bonds is 5. The SMILES string of the molecule is O=C(Cc1ccc(Cl)c(Cl)c1)N1CCCC1CCCO. The number of carbonyl (C=O) groups is 1. The molecule has 5 heteroatoms. The molecule has 1 aromatic rings. The van der Waals surface area contributed by atoms with Crippen LogP contribution in [0.2, 0.25) is 10.0 Å². The zero-order valence-corrected chi connectivity index (χ0v) is 12.8. The zero-order chi connectivity index (χ0) is 14.5. The Hall–Kier alpha value is -0.770. The average molecular weight is 316 g/mol. The minimum atomic E-state index is 0.129. The number of nitrogens with zero attached hydrogens (tertiary/aromatic N) is 1. The van der Waals surface area contributed by atoms with Crippen LogP contribution in [-0.4, -0.2) is 35.1 Å². The summed E-state index contributed by atoms with van der Waals surface area (Å²) in [6, 6.07) is 5.59. The third-order valence-corrected chi connectivity index (χ3v) is 4.47. The van der Waals surface area contributed by atoms with E-state index in [9.17, 15) is 4.79 Å². The second kappa shape index (κ2) is 7.30. The Morgan fingerprint density at radius 2 is 2.15 bits per heavy atom. The summed E-state index contributed by atoms with van der Waals surface area (Å²) in [4.78, 5) is 14.3. The Morgan fingerprint density at radius 3 is 2.85 bits per heavy atom. The first-order valence-electron chi connectivity index (χ1n) is 6.96. The van der Waals surface area contributed by atoms with E-state index in [1.54, 1.807) is 12.1 Å². The molecule has 1 aliphatic rings. The molecule has 3 nitrogen and oxygen atoms in total. The topological polar surface area (TPSA) is 40.5 Å². The van der Waals surface area contributed by atoms with Crippen LogP contribution in [0.25, 0.3) is 0 Å². The van der Waals surface area contributed by atoms with Gasteiger partial charge in [0.25, 0.3) is 0 Å². The van der Waals surface area contributed by atoms with Gasteiger partial charge in [-0.1, -0.05) is 29.3 Å². The number of hydrogen-bond acceptors (Lipinski definition) is 2. The molecule has 1 fully saturated rings. The average Bonchev–Trinajstić information content (AvgIpc) is 2.89. The summed E-state index contributed by atoms with van der Waals surface area (Å²) in [6.45, 7) is 1.00. The summed E-state index contributed by atoms with van der Waals surface area (Å²) in [5.41, 5.74) is 0.886. The van der Waals surface area contributed by atoms with Crippen LogP contribution >= 0.6 is 23.2 Å². The molecule has 1 heterocycles. The number of carbonyl (C=O) groups excluding carboxylic acids is 1. The predicted octanol–water partition coefficient (Wildman–Crippen LogP) is 3.30. The summed E-state index contributed by atoms with van der Waals surface area (Å²) >= 11 is 11.8. The maximum Gasteiger partial charge on any atom is 0.227 e. The van der Waals surface area contributed by atoms with Crippen LogP contribution in [0.4, 0.5) is 0 Å². The highest BCUT2D eigenvalue weighted by atomic mass is 35.5. The molecule has 1 unspecified atom stereocenters. The summed E-state index contributed by atoms with van der Waals surface area (Å²) in [6.07, 6.45) is 4.06. The minimum Gasteiger partial charge on any atom is -0.396 e. The molecule has 0 aromatic heterocycles. The van der Waals surface area contributed by atoms with Crippen molar-refractivity contribution in [3.8, 4) is 0 Å². The highest BCUT2D eigenvalue weighted by Crippen LogP contribution is 2.25. The fourth-order valence-electron chi connectivity index (χ4n) is 2.72. The molecule has 110 valence electrons. The first-order chi connectivity index (χ1) is 9.61. The Labute approximate surface area is 129 Å². The lowest BCUT2D eigenvalue weighted by molar-refractivity contribution is -0.131. The lowest BCUT2D eigenvalue weighted by Crippen LogP contribution is -2.36. The standard InChI is InChI=1S/C15H19Cl2NO2/c16-13-6-5-11(9-14(13)17)10-15(20)18-7-1-3-12(18)4-2-8-19/h5-6,9,12,19H,1-4,7-8,10H2. The summed E-state index contributed by atoms with van der Waals surface area (Å²) in [5.74, 6) is 0.129. The number of likely N-dealkylation sites (tertiary alicyclic amines) is 1. The van der Waals surface area contributed by atoms with Gasteiger partial charge in [0.1, 0.15) is 0 Å². The van der Waals surface area contributed by atoms with Gasteiger partial charge in [0.05, 0.1) is 16.5 Å². The van der Waals surface area contributed by atoms with E-state index in [0.717, 1.165) is 37.8 Å². The van der Waals surface area contributed by atoms with E-state index in [2.05, 4.69) is 0 Å². The molecule has 0 bridgehead atoms. The van der Waals surface area contributed by atoms with Crippen LogP contribution in [0.5, 0.6) is 0 Å². The number of hydrogen-bond donors (Lipinski definition) is 1. The van der Waals surface area contributed by atoms with Gasteiger partial charge < -0.3 is 10.0 Å². The van der Waals surface area contributed by atoms with Crippen molar-refractivity contribution in [1.29, 1.82) is 0 Å². The Balaban J connectivity index is 1.98. The summed E-state index contributed by atoms with van der Waals surface area (Å²) < 4.78 is 0.